The third-order valence-electron chi connectivity index (χ3n) is 4.28. The highest BCUT2D eigenvalue weighted by atomic mass is 35.5. The number of amides is 1. The van der Waals surface area contributed by atoms with Crippen molar-refractivity contribution in [2.45, 2.75) is 25.4 Å². The number of nitrogens with zero attached hydrogens (tertiary/aromatic N) is 1. The van der Waals surface area contributed by atoms with Gasteiger partial charge in [0, 0.05) is 25.7 Å². The van der Waals surface area contributed by atoms with E-state index < -0.39 is 0 Å². The molecule has 1 aliphatic rings. The molecular formula is C18H23ClN2O3. The van der Waals surface area contributed by atoms with Gasteiger partial charge in [0.05, 0.1) is 18.9 Å². The molecule has 5 nitrogen and oxygen atoms in total. The molecule has 0 spiro atoms. The third-order valence-corrected chi connectivity index (χ3v) is 4.28. The number of ether oxygens (including phenoxy) is 1. The van der Waals surface area contributed by atoms with Crippen LogP contribution in [0, 0.1) is 0 Å². The first-order chi connectivity index (χ1) is 11.3. The SMILES string of the molecule is COc1cccc(CNC2CCN(C(=O)c3ccoc3)CC2)c1.Cl. The Morgan fingerprint density at radius 3 is 2.79 bits per heavy atom. The minimum absolute atomic E-state index is 0. The minimum atomic E-state index is 0. The van der Waals surface area contributed by atoms with Gasteiger partial charge in [-0.25, -0.2) is 0 Å². The van der Waals surface area contributed by atoms with Gasteiger partial charge in [-0.3, -0.25) is 4.79 Å². The van der Waals surface area contributed by atoms with Gasteiger partial charge in [0.25, 0.3) is 5.91 Å². The van der Waals surface area contributed by atoms with Crippen molar-refractivity contribution >= 4 is 18.3 Å². The van der Waals surface area contributed by atoms with Gasteiger partial charge in [0.2, 0.25) is 0 Å². The maximum Gasteiger partial charge on any atom is 0.257 e. The summed E-state index contributed by atoms with van der Waals surface area (Å²) in [6.07, 6.45) is 4.98. The van der Waals surface area contributed by atoms with E-state index in [4.69, 9.17) is 9.15 Å². The third kappa shape index (κ3) is 4.52. The Morgan fingerprint density at radius 2 is 2.12 bits per heavy atom. The molecule has 0 aliphatic carbocycles. The molecule has 1 saturated heterocycles. The van der Waals surface area contributed by atoms with Crippen molar-refractivity contribution < 1.29 is 13.9 Å². The van der Waals surface area contributed by atoms with Gasteiger partial charge < -0.3 is 19.4 Å². The monoisotopic (exact) mass is 350 g/mol. The summed E-state index contributed by atoms with van der Waals surface area (Å²) in [5, 5.41) is 3.57. The Balaban J connectivity index is 0.00000208. The fraction of sp³-hybridized carbons (Fsp3) is 0.389. The molecule has 24 heavy (non-hydrogen) atoms. The number of nitrogens with one attached hydrogen (secondary N) is 1. The van der Waals surface area contributed by atoms with E-state index in [1.165, 1.54) is 18.1 Å². The number of methoxy groups -OCH3 is 1. The van der Waals surface area contributed by atoms with Crippen LogP contribution in [0.15, 0.2) is 47.3 Å². The Kier molecular flexibility index (Phi) is 6.70. The zero-order valence-corrected chi connectivity index (χ0v) is 14.6. The molecule has 1 aromatic carbocycles. The highest BCUT2D eigenvalue weighted by molar-refractivity contribution is 5.93. The first-order valence-corrected chi connectivity index (χ1v) is 7.94. The van der Waals surface area contributed by atoms with E-state index in [-0.39, 0.29) is 18.3 Å². The summed E-state index contributed by atoms with van der Waals surface area (Å²) < 4.78 is 10.2. The fourth-order valence-corrected chi connectivity index (χ4v) is 2.90. The lowest BCUT2D eigenvalue weighted by atomic mass is 10.0. The van der Waals surface area contributed by atoms with E-state index in [1.807, 2.05) is 23.1 Å². The molecule has 2 aromatic rings. The quantitative estimate of drug-likeness (QED) is 0.900. The van der Waals surface area contributed by atoms with Crippen LogP contribution in [0.4, 0.5) is 0 Å². The second-order valence-electron chi connectivity index (χ2n) is 5.81. The number of furan rings is 1. The topological polar surface area (TPSA) is 54.7 Å². The molecule has 130 valence electrons. The summed E-state index contributed by atoms with van der Waals surface area (Å²) in [7, 11) is 1.68. The number of hydrogen-bond donors (Lipinski definition) is 1. The summed E-state index contributed by atoms with van der Waals surface area (Å²) in [6.45, 7) is 2.37. The Labute approximate surface area is 148 Å². The largest absolute Gasteiger partial charge is 0.497 e. The second-order valence-corrected chi connectivity index (χ2v) is 5.81. The van der Waals surface area contributed by atoms with Gasteiger partial charge in [0.15, 0.2) is 0 Å². The number of carbonyl (C=O) groups excluding carboxylic acids is 1. The molecule has 1 aliphatic heterocycles. The number of likely N-dealkylation sites (tertiary alicyclic amines) is 1. The van der Waals surface area contributed by atoms with Crippen LogP contribution in [0.1, 0.15) is 28.8 Å². The normalized spacial score (nSPS) is 15.0. The zero-order valence-electron chi connectivity index (χ0n) is 13.7. The van der Waals surface area contributed by atoms with Gasteiger partial charge in [-0.1, -0.05) is 12.1 Å². The fourth-order valence-electron chi connectivity index (χ4n) is 2.90. The predicted molar refractivity (Wildman–Crippen MR) is 94.7 cm³/mol. The highest BCUT2D eigenvalue weighted by Gasteiger charge is 2.23. The van der Waals surface area contributed by atoms with E-state index in [9.17, 15) is 4.79 Å². The molecule has 0 saturated carbocycles. The van der Waals surface area contributed by atoms with Gasteiger partial charge in [-0.05, 0) is 36.6 Å². The smallest absolute Gasteiger partial charge is 0.257 e. The summed E-state index contributed by atoms with van der Waals surface area (Å²) in [6, 6.07) is 10.2. The van der Waals surface area contributed by atoms with Gasteiger partial charge in [-0.2, -0.15) is 0 Å². The van der Waals surface area contributed by atoms with Gasteiger partial charge in [0.1, 0.15) is 12.0 Å². The Bertz CT molecular complexity index is 637. The first-order valence-electron chi connectivity index (χ1n) is 7.94. The van der Waals surface area contributed by atoms with Crippen molar-refractivity contribution in [2.75, 3.05) is 20.2 Å². The predicted octanol–water partition coefficient (Wildman–Crippen LogP) is 3.10. The average molecular weight is 351 g/mol. The van der Waals surface area contributed by atoms with Crippen LogP contribution in [0.5, 0.6) is 5.75 Å². The van der Waals surface area contributed by atoms with E-state index >= 15 is 0 Å². The molecule has 0 atom stereocenters. The highest BCUT2D eigenvalue weighted by Crippen LogP contribution is 2.16. The molecule has 1 fully saturated rings. The minimum Gasteiger partial charge on any atom is -0.497 e. The van der Waals surface area contributed by atoms with Crippen LogP contribution in [-0.4, -0.2) is 37.0 Å². The van der Waals surface area contributed by atoms with E-state index in [1.54, 1.807) is 13.2 Å². The Hall–Kier alpha value is -1.98. The van der Waals surface area contributed by atoms with Crippen molar-refractivity contribution in [1.29, 1.82) is 0 Å². The van der Waals surface area contributed by atoms with Crippen LogP contribution in [-0.2, 0) is 6.54 Å². The maximum absolute atomic E-state index is 12.2. The average Bonchev–Trinajstić information content (AvgIpc) is 3.14. The zero-order chi connectivity index (χ0) is 16.1. The molecule has 0 unspecified atom stereocenters. The second kappa shape index (κ2) is 8.76. The number of halogens is 1. The van der Waals surface area contributed by atoms with E-state index in [0.29, 0.717) is 11.6 Å². The van der Waals surface area contributed by atoms with Crippen LogP contribution in [0.25, 0.3) is 0 Å². The summed E-state index contributed by atoms with van der Waals surface area (Å²) in [4.78, 5) is 14.1. The van der Waals surface area contributed by atoms with Crippen LogP contribution < -0.4 is 10.1 Å². The number of benzene rings is 1. The molecule has 1 aromatic heterocycles. The van der Waals surface area contributed by atoms with Crippen molar-refractivity contribution in [3.8, 4) is 5.75 Å². The molecule has 3 rings (SSSR count). The van der Waals surface area contributed by atoms with Gasteiger partial charge >= 0.3 is 0 Å². The van der Waals surface area contributed by atoms with Crippen LogP contribution >= 0.6 is 12.4 Å². The lowest BCUT2D eigenvalue weighted by Crippen LogP contribution is -2.44. The molecule has 0 radical (unpaired) electrons. The number of carbonyl (C=O) groups is 1. The molecule has 0 bridgehead atoms. The summed E-state index contributed by atoms with van der Waals surface area (Å²) in [5.74, 6) is 0.940. The molecule has 1 N–H and O–H groups in total. The van der Waals surface area contributed by atoms with E-state index in [0.717, 1.165) is 38.2 Å². The summed E-state index contributed by atoms with van der Waals surface area (Å²) >= 11 is 0. The molecular weight excluding hydrogens is 328 g/mol. The molecule has 2 heterocycles. The molecule has 1 amide bonds. The number of piperidine rings is 1. The van der Waals surface area contributed by atoms with Crippen molar-refractivity contribution in [1.82, 2.24) is 10.2 Å². The lowest BCUT2D eigenvalue weighted by molar-refractivity contribution is 0.0704. The number of hydrogen-bond acceptors (Lipinski definition) is 4. The standard InChI is InChI=1S/C18H22N2O3.ClH/c1-22-17-4-2-3-14(11-17)12-19-16-5-8-20(9-6-16)18(21)15-7-10-23-13-15;/h2-4,7,10-11,13,16,19H,5-6,8-9,12H2,1H3;1H. The van der Waals surface area contributed by atoms with Crippen LogP contribution in [0.3, 0.4) is 0 Å². The lowest BCUT2D eigenvalue weighted by Gasteiger charge is -2.32. The van der Waals surface area contributed by atoms with Crippen LogP contribution in [0.2, 0.25) is 0 Å². The van der Waals surface area contributed by atoms with Gasteiger partial charge in [-0.15, -0.1) is 12.4 Å². The van der Waals surface area contributed by atoms with E-state index in [2.05, 4.69) is 11.4 Å². The van der Waals surface area contributed by atoms with Crippen molar-refractivity contribution in [2.24, 2.45) is 0 Å². The maximum atomic E-state index is 12.2. The molecule has 6 heteroatoms. The Morgan fingerprint density at radius 1 is 1.33 bits per heavy atom. The first kappa shape index (κ1) is 18.4. The van der Waals surface area contributed by atoms with Crippen molar-refractivity contribution in [3.63, 3.8) is 0 Å². The number of rotatable bonds is 5. The van der Waals surface area contributed by atoms with Crippen molar-refractivity contribution in [3.05, 3.63) is 54.0 Å². The summed E-state index contributed by atoms with van der Waals surface area (Å²) in [5.41, 5.74) is 1.84.